The van der Waals surface area contributed by atoms with E-state index in [1.807, 2.05) is 0 Å². The van der Waals surface area contributed by atoms with Crippen LogP contribution in [0.2, 0.25) is 0 Å². The molecule has 19 heavy (non-hydrogen) atoms. The summed E-state index contributed by atoms with van der Waals surface area (Å²) in [6.07, 6.45) is 3.89. The van der Waals surface area contributed by atoms with E-state index in [-0.39, 0.29) is 17.9 Å². The van der Waals surface area contributed by atoms with E-state index in [1.54, 1.807) is 0 Å². The van der Waals surface area contributed by atoms with Crippen LogP contribution in [0, 0.1) is 11.6 Å². The molecule has 0 fully saturated rings. The number of hydrogen-bond acceptors (Lipinski definition) is 2. The second kappa shape index (κ2) is 8.58. The molecule has 1 amide bonds. The summed E-state index contributed by atoms with van der Waals surface area (Å²) < 4.78 is 26.0. The minimum absolute atomic E-state index is 0.0606. The highest BCUT2D eigenvalue weighted by Gasteiger charge is 2.08. The predicted molar refractivity (Wildman–Crippen MR) is 70.6 cm³/mol. The van der Waals surface area contributed by atoms with E-state index < -0.39 is 11.6 Å². The van der Waals surface area contributed by atoms with Crippen molar-refractivity contribution in [2.24, 2.45) is 5.73 Å². The summed E-state index contributed by atoms with van der Waals surface area (Å²) in [6, 6.07) is 3.24. The van der Waals surface area contributed by atoms with Gasteiger partial charge in [-0.25, -0.2) is 8.78 Å². The summed E-state index contributed by atoms with van der Waals surface area (Å²) in [5.41, 5.74) is 5.58. The molecular weight excluding hydrogens is 250 g/mol. The number of nitrogens with two attached hydrogens (primary N) is 1. The number of halogens is 2. The number of hydrogen-bond donors (Lipinski definition) is 2. The molecule has 0 unspecified atom stereocenters. The lowest BCUT2D eigenvalue weighted by molar-refractivity contribution is -0.120. The van der Waals surface area contributed by atoms with E-state index in [1.165, 1.54) is 6.07 Å². The third-order valence-corrected chi connectivity index (χ3v) is 2.82. The van der Waals surface area contributed by atoms with Crippen molar-refractivity contribution in [2.75, 3.05) is 13.1 Å². The van der Waals surface area contributed by atoms with Gasteiger partial charge >= 0.3 is 0 Å². The fourth-order valence-corrected chi connectivity index (χ4v) is 1.75. The largest absolute Gasteiger partial charge is 0.356 e. The fraction of sp³-hybridized carbons (Fsp3) is 0.500. The molecule has 0 spiro atoms. The Morgan fingerprint density at radius 2 is 1.89 bits per heavy atom. The van der Waals surface area contributed by atoms with E-state index in [0.717, 1.165) is 37.8 Å². The minimum Gasteiger partial charge on any atom is -0.356 e. The van der Waals surface area contributed by atoms with E-state index in [0.29, 0.717) is 13.1 Å². The van der Waals surface area contributed by atoms with Crippen LogP contribution in [0.4, 0.5) is 8.78 Å². The first-order valence-corrected chi connectivity index (χ1v) is 6.54. The first-order valence-electron chi connectivity index (χ1n) is 6.54. The lowest BCUT2D eigenvalue weighted by Crippen LogP contribution is -2.26. The molecule has 106 valence electrons. The summed E-state index contributed by atoms with van der Waals surface area (Å²) in [5.74, 6) is -1.57. The van der Waals surface area contributed by atoms with Gasteiger partial charge in [0.25, 0.3) is 0 Å². The predicted octanol–water partition coefficient (Wildman–Crippen LogP) is 2.14. The van der Waals surface area contributed by atoms with Crippen LogP contribution in [-0.4, -0.2) is 19.0 Å². The summed E-state index contributed by atoms with van der Waals surface area (Å²) in [6.45, 7) is 1.27. The van der Waals surface area contributed by atoms with E-state index in [9.17, 15) is 13.6 Å². The molecule has 0 atom stereocenters. The van der Waals surface area contributed by atoms with Crippen LogP contribution in [0.15, 0.2) is 18.2 Å². The minimum atomic E-state index is -0.682. The normalized spacial score (nSPS) is 10.5. The molecule has 0 aliphatic rings. The van der Waals surface area contributed by atoms with Crippen molar-refractivity contribution in [3.8, 4) is 0 Å². The third-order valence-electron chi connectivity index (χ3n) is 2.82. The molecule has 0 saturated heterocycles. The Balaban J connectivity index is 2.23. The molecule has 0 heterocycles. The molecule has 0 aliphatic carbocycles. The molecule has 1 rings (SSSR count). The molecule has 0 aromatic heterocycles. The summed E-state index contributed by atoms with van der Waals surface area (Å²) >= 11 is 0. The topological polar surface area (TPSA) is 55.1 Å². The van der Waals surface area contributed by atoms with Gasteiger partial charge in [0.1, 0.15) is 11.6 Å². The van der Waals surface area contributed by atoms with Crippen molar-refractivity contribution in [2.45, 2.75) is 32.1 Å². The quantitative estimate of drug-likeness (QED) is 0.711. The number of benzene rings is 1. The zero-order chi connectivity index (χ0) is 14.1. The molecule has 0 saturated carbocycles. The Bertz CT molecular complexity index is 410. The lowest BCUT2D eigenvalue weighted by atomic mass is 10.1. The van der Waals surface area contributed by atoms with Crippen molar-refractivity contribution >= 4 is 5.91 Å². The Morgan fingerprint density at radius 3 is 2.58 bits per heavy atom. The maximum absolute atomic E-state index is 13.3. The molecular formula is C14H20F2N2O. The van der Waals surface area contributed by atoms with Gasteiger partial charge in [0.05, 0.1) is 6.42 Å². The van der Waals surface area contributed by atoms with Gasteiger partial charge in [-0.3, -0.25) is 4.79 Å². The van der Waals surface area contributed by atoms with Crippen molar-refractivity contribution < 1.29 is 13.6 Å². The van der Waals surface area contributed by atoms with Gasteiger partial charge < -0.3 is 11.1 Å². The SMILES string of the molecule is NCCCCCCNC(=O)Cc1ccc(F)cc1F. The summed E-state index contributed by atoms with van der Waals surface area (Å²) in [5, 5.41) is 2.72. The van der Waals surface area contributed by atoms with Crippen LogP contribution in [0.3, 0.4) is 0 Å². The Hall–Kier alpha value is -1.49. The third kappa shape index (κ3) is 6.29. The lowest BCUT2D eigenvalue weighted by Gasteiger charge is -2.06. The standard InChI is InChI=1S/C14H20F2N2O/c15-12-6-5-11(13(16)10-12)9-14(19)18-8-4-2-1-3-7-17/h5-6,10H,1-4,7-9,17H2,(H,18,19). The summed E-state index contributed by atoms with van der Waals surface area (Å²) in [7, 11) is 0. The van der Waals surface area contributed by atoms with Gasteiger partial charge in [-0.1, -0.05) is 18.9 Å². The average molecular weight is 270 g/mol. The summed E-state index contributed by atoms with van der Waals surface area (Å²) in [4.78, 5) is 11.5. The van der Waals surface area contributed by atoms with E-state index in [2.05, 4.69) is 5.32 Å². The molecule has 0 aliphatic heterocycles. The van der Waals surface area contributed by atoms with Crippen LogP contribution in [0.5, 0.6) is 0 Å². The molecule has 5 heteroatoms. The maximum Gasteiger partial charge on any atom is 0.224 e. The maximum atomic E-state index is 13.3. The van der Waals surface area contributed by atoms with Gasteiger partial charge in [0.2, 0.25) is 5.91 Å². The molecule has 1 aromatic rings. The van der Waals surface area contributed by atoms with Crippen LogP contribution < -0.4 is 11.1 Å². The van der Waals surface area contributed by atoms with Gasteiger partial charge in [-0.05, 0) is 31.0 Å². The number of rotatable bonds is 8. The van der Waals surface area contributed by atoms with Crippen molar-refractivity contribution in [3.05, 3.63) is 35.4 Å². The second-order valence-corrected chi connectivity index (χ2v) is 4.47. The van der Waals surface area contributed by atoms with Crippen LogP contribution >= 0.6 is 0 Å². The zero-order valence-corrected chi connectivity index (χ0v) is 10.9. The van der Waals surface area contributed by atoms with Crippen molar-refractivity contribution in [3.63, 3.8) is 0 Å². The number of nitrogens with one attached hydrogen (secondary N) is 1. The van der Waals surface area contributed by atoms with Gasteiger partial charge in [0, 0.05) is 12.6 Å². The molecule has 0 bridgehead atoms. The number of amides is 1. The molecule has 1 aromatic carbocycles. The van der Waals surface area contributed by atoms with Gasteiger partial charge in [-0.2, -0.15) is 0 Å². The van der Waals surface area contributed by atoms with Gasteiger partial charge in [0.15, 0.2) is 0 Å². The van der Waals surface area contributed by atoms with Gasteiger partial charge in [-0.15, -0.1) is 0 Å². The smallest absolute Gasteiger partial charge is 0.224 e. The van der Waals surface area contributed by atoms with E-state index in [4.69, 9.17) is 5.73 Å². The second-order valence-electron chi connectivity index (χ2n) is 4.47. The van der Waals surface area contributed by atoms with Crippen LogP contribution in [0.25, 0.3) is 0 Å². The van der Waals surface area contributed by atoms with Crippen molar-refractivity contribution in [1.82, 2.24) is 5.32 Å². The first-order chi connectivity index (χ1) is 9.13. The highest BCUT2D eigenvalue weighted by molar-refractivity contribution is 5.78. The number of unbranched alkanes of at least 4 members (excludes halogenated alkanes) is 3. The van der Waals surface area contributed by atoms with Crippen LogP contribution in [0.1, 0.15) is 31.2 Å². The molecule has 3 N–H and O–H groups in total. The average Bonchev–Trinajstić information content (AvgIpc) is 2.37. The Labute approximate surface area is 112 Å². The highest BCUT2D eigenvalue weighted by atomic mass is 19.1. The first kappa shape index (κ1) is 15.6. The number of carbonyl (C=O) groups excluding carboxylic acids is 1. The Kier molecular flexibility index (Phi) is 7.03. The van der Waals surface area contributed by atoms with Crippen LogP contribution in [-0.2, 0) is 11.2 Å². The zero-order valence-electron chi connectivity index (χ0n) is 10.9. The highest BCUT2D eigenvalue weighted by Crippen LogP contribution is 2.10. The fourth-order valence-electron chi connectivity index (χ4n) is 1.75. The Morgan fingerprint density at radius 1 is 1.16 bits per heavy atom. The molecule has 3 nitrogen and oxygen atoms in total. The monoisotopic (exact) mass is 270 g/mol. The molecule has 0 radical (unpaired) electrons. The van der Waals surface area contributed by atoms with E-state index >= 15 is 0 Å². The number of carbonyl (C=O) groups is 1. The van der Waals surface area contributed by atoms with Crippen molar-refractivity contribution in [1.29, 1.82) is 0 Å².